The fourth-order valence-electron chi connectivity index (χ4n) is 3.29. The molecule has 9 heteroatoms. The number of amides is 1. The molecule has 0 radical (unpaired) electrons. The Hall–Kier alpha value is -2.94. The van der Waals surface area contributed by atoms with Crippen LogP contribution in [0.4, 0.5) is 5.69 Å². The second-order valence-electron chi connectivity index (χ2n) is 7.07. The minimum Gasteiger partial charge on any atom is -0.496 e. The van der Waals surface area contributed by atoms with Gasteiger partial charge in [-0.15, -0.1) is 0 Å². The first-order chi connectivity index (χ1) is 14.6. The highest BCUT2D eigenvalue weighted by molar-refractivity contribution is 7.92. The summed E-state index contributed by atoms with van der Waals surface area (Å²) >= 11 is 0. The van der Waals surface area contributed by atoms with Gasteiger partial charge in [-0.3, -0.25) is 9.10 Å². The van der Waals surface area contributed by atoms with Crippen molar-refractivity contribution < 1.29 is 27.4 Å². The van der Waals surface area contributed by atoms with Crippen molar-refractivity contribution in [1.29, 1.82) is 0 Å². The maximum atomic E-state index is 12.8. The third kappa shape index (κ3) is 6.04. The Labute approximate surface area is 184 Å². The van der Waals surface area contributed by atoms with Crippen LogP contribution in [0, 0.1) is 6.92 Å². The van der Waals surface area contributed by atoms with E-state index >= 15 is 0 Å². The number of nitrogens with zero attached hydrogens (tertiary/aromatic N) is 1. The van der Waals surface area contributed by atoms with Crippen LogP contribution >= 0.6 is 0 Å². The van der Waals surface area contributed by atoms with E-state index in [0.29, 0.717) is 23.6 Å². The molecule has 1 atom stereocenters. The van der Waals surface area contributed by atoms with Gasteiger partial charge in [-0.25, -0.2) is 8.42 Å². The summed E-state index contributed by atoms with van der Waals surface area (Å²) in [4.78, 5) is 12.8. The molecule has 2 aromatic carbocycles. The minimum atomic E-state index is -3.72. The second kappa shape index (κ2) is 10.4. The number of hydrogen-bond donors (Lipinski definition) is 1. The summed E-state index contributed by atoms with van der Waals surface area (Å²) < 4.78 is 41.6. The zero-order chi connectivity index (χ0) is 23.2. The number of hydrogen-bond acceptors (Lipinski definition) is 6. The predicted octanol–water partition coefficient (Wildman–Crippen LogP) is 3.05. The van der Waals surface area contributed by atoms with Gasteiger partial charge in [-0.2, -0.15) is 0 Å². The van der Waals surface area contributed by atoms with Gasteiger partial charge < -0.3 is 19.5 Å². The van der Waals surface area contributed by atoms with Gasteiger partial charge in [0.15, 0.2) is 11.5 Å². The van der Waals surface area contributed by atoms with E-state index in [1.54, 1.807) is 19.2 Å². The van der Waals surface area contributed by atoms with E-state index in [2.05, 4.69) is 5.32 Å². The number of ether oxygens (including phenoxy) is 3. The van der Waals surface area contributed by atoms with Crippen LogP contribution in [0.15, 0.2) is 36.4 Å². The van der Waals surface area contributed by atoms with Crippen molar-refractivity contribution >= 4 is 21.6 Å². The fraction of sp³-hybridized carbons (Fsp3) is 0.409. The number of rotatable bonds is 10. The van der Waals surface area contributed by atoms with Gasteiger partial charge in [-0.05, 0) is 42.7 Å². The summed E-state index contributed by atoms with van der Waals surface area (Å²) in [5.41, 5.74) is 2.19. The zero-order valence-corrected chi connectivity index (χ0v) is 19.6. The predicted molar refractivity (Wildman–Crippen MR) is 121 cm³/mol. The molecular formula is C22H30N2O6S. The lowest BCUT2D eigenvalue weighted by Crippen LogP contribution is -2.41. The maximum absolute atomic E-state index is 12.8. The highest BCUT2D eigenvalue weighted by Gasteiger charge is 2.24. The molecule has 8 nitrogen and oxygen atoms in total. The van der Waals surface area contributed by atoms with Crippen molar-refractivity contribution in [2.24, 2.45) is 0 Å². The van der Waals surface area contributed by atoms with Crippen molar-refractivity contribution in [3.05, 3.63) is 47.5 Å². The van der Waals surface area contributed by atoms with E-state index in [4.69, 9.17) is 14.2 Å². The highest BCUT2D eigenvalue weighted by atomic mass is 32.2. The SMILES string of the molecule is CC[C@H](NC(=O)CN(c1ccc(OC)c(OC)c1)S(C)(=O)=O)c1ccc(OC)c(C)c1. The number of aryl methyl sites for hydroxylation is 1. The number of anilines is 1. The van der Waals surface area contributed by atoms with E-state index < -0.39 is 15.9 Å². The molecule has 1 amide bonds. The van der Waals surface area contributed by atoms with Crippen LogP contribution < -0.4 is 23.8 Å². The Balaban J connectivity index is 2.25. The third-order valence-corrected chi connectivity index (χ3v) is 6.05. The molecule has 0 unspecified atom stereocenters. The Bertz CT molecular complexity index is 1020. The monoisotopic (exact) mass is 450 g/mol. The van der Waals surface area contributed by atoms with E-state index in [1.165, 1.54) is 20.3 Å². The average Bonchev–Trinajstić information content (AvgIpc) is 2.74. The van der Waals surface area contributed by atoms with E-state index in [1.807, 2.05) is 32.0 Å². The standard InChI is InChI=1S/C22H30N2O6S/c1-7-18(16-8-10-19(28-3)15(2)12-16)23-22(25)14-24(31(6,26)27)17-9-11-20(29-4)21(13-17)30-5/h8-13,18H,7,14H2,1-6H3,(H,23,25)/t18-/m0/s1. The molecule has 0 aliphatic heterocycles. The Morgan fingerprint density at radius 3 is 2.13 bits per heavy atom. The average molecular weight is 451 g/mol. The van der Waals surface area contributed by atoms with Gasteiger partial charge in [-0.1, -0.05) is 19.1 Å². The van der Waals surface area contributed by atoms with Crippen molar-refractivity contribution in [3.8, 4) is 17.2 Å². The van der Waals surface area contributed by atoms with Gasteiger partial charge in [0, 0.05) is 6.07 Å². The largest absolute Gasteiger partial charge is 0.496 e. The third-order valence-electron chi connectivity index (χ3n) is 4.91. The van der Waals surface area contributed by atoms with Gasteiger partial charge in [0.25, 0.3) is 0 Å². The van der Waals surface area contributed by atoms with Crippen LogP contribution in [-0.4, -0.2) is 48.5 Å². The fourth-order valence-corrected chi connectivity index (χ4v) is 4.14. The first-order valence-corrected chi connectivity index (χ1v) is 11.6. The molecule has 2 rings (SSSR count). The van der Waals surface area contributed by atoms with Crippen molar-refractivity contribution in [1.82, 2.24) is 5.32 Å². The van der Waals surface area contributed by atoms with E-state index in [0.717, 1.165) is 27.4 Å². The zero-order valence-electron chi connectivity index (χ0n) is 18.8. The topological polar surface area (TPSA) is 94.2 Å². The van der Waals surface area contributed by atoms with E-state index in [-0.39, 0.29) is 12.6 Å². The Morgan fingerprint density at radius 2 is 1.61 bits per heavy atom. The number of methoxy groups -OCH3 is 3. The van der Waals surface area contributed by atoms with Crippen LogP contribution in [0.25, 0.3) is 0 Å². The smallest absolute Gasteiger partial charge is 0.241 e. The summed E-state index contributed by atoms with van der Waals surface area (Å²) in [6, 6.07) is 10.1. The Kier molecular flexibility index (Phi) is 8.15. The minimum absolute atomic E-state index is 0.260. The van der Waals surface area contributed by atoms with Gasteiger partial charge in [0.05, 0.1) is 39.3 Å². The van der Waals surface area contributed by atoms with Gasteiger partial charge in [0.2, 0.25) is 15.9 Å². The highest BCUT2D eigenvalue weighted by Crippen LogP contribution is 2.32. The lowest BCUT2D eigenvalue weighted by atomic mass is 10.0. The molecule has 31 heavy (non-hydrogen) atoms. The van der Waals surface area contributed by atoms with Gasteiger partial charge >= 0.3 is 0 Å². The summed E-state index contributed by atoms with van der Waals surface area (Å²) in [5, 5.41) is 2.93. The molecule has 0 fully saturated rings. The lowest BCUT2D eigenvalue weighted by molar-refractivity contribution is -0.120. The van der Waals surface area contributed by atoms with Crippen molar-refractivity contribution in [2.45, 2.75) is 26.3 Å². The normalized spacial score (nSPS) is 12.1. The summed E-state index contributed by atoms with van der Waals surface area (Å²) in [6.45, 7) is 3.52. The van der Waals surface area contributed by atoms with Crippen LogP contribution in [-0.2, 0) is 14.8 Å². The quantitative estimate of drug-likeness (QED) is 0.598. The first kappa shape index (κ1) is 24.3. The summed E-state index contributed by atoms with van der Waals surface area (Å²) in [7, 11) is 0.837. The lowest BCUT2D eigenvalue weighted by Gasteiger charge is -2.25. The molecule has 0 saturated heterocycles. The first-order valence-electron chi connectivity index (χ1n) is 9.78. The number of carbonyl (C=O) groups excluding carboxylic acids is 1. The maximum Gasteiger partial charge on any atom is 0.241 e. The molecule has 0 aliphatic rings. The molecular weight excluding hydrogens is 420 g/mol. The molecule has 0 bridgehead atoms. The van der Waals surface area contributed by atoms with Crippen LogP contribution in [0.2, 0.25) is 0 Å². The number of sulfonamides is 1. The molecule has 170 valence electrons. The number of carbonyl (C=O) groups is 1. The molecule has 0 aliphatic carbocycles. The molecule has 0 saturated carbocycles. The van der Waals surface area contributed by atoms with Gasteiger partial charge in [0.1, 0.15) is 12.3 Å². The number of benzene rings is 2. The van der Waals surface area contributed by atoms with Crippen molar-refractivity contribution in [2.75, 3.05) is 38.4 Å². The summed E-state index contributed by atoms with van der Waals surface area (Å²) in [5.74, 6) is 1.18. The second-order valence-corrected chi connectivity index (χ2v) is 8.97. The van der Waals surface area contributed by atoms with E-state index in [9.17, 15) is 13.2 Å². The molecule has 0 spiro atoms. The van der Waals surface area contributed by atoms with Crippen molar-refractivity contribution in [3.63, 3.8) is 0 Å². The summed E-state index contributed by atoms with van der Waals surface area (Å²) in [6.07, 6.45) is 1.70. The molecule has 0 aromatic heterocycles. The van der Waals surface area contributed by atoms with Crippen LogP contribution in [0.5, 0.6) is 17.2 Å². The molecule has 2 aromatic rings. The molecule has 0 heterocycles. The van der Waals surface area contributed by atoms with Crippen LogP contribution in [0.1, 0.15) is 30.5 Å². The Morgan fingerprint density at radius 1 is 1.00 bits per heavy atom. The molecule has 1 N–H and O–H groups in total. The number of nitrogens with one attached hydrogen (secondary N) is 1. The van der Waals surface area contributed by atoms with Crippen LogP contribution in [0.3, 0.4) is 0 Å².